The lowest BCUT2D eigenvalue weighted by Crippen LogP contribution is -2.73. The molecule has 5 heteroatoms. The van der Waals surface area contributed by atoms with Crippen LogP contribution in [0.15, 0.2) is 24.8 Å². The van der Waals surface area contributed by atoms with E-state index in [1.165, 1.54) is 6.07 Å². The van der Waals surface area contributed by atoms with Crippen molar-refractivity contribution in [3.8, 4) is 11.5 Å². The molecule has 3 atom stereocenters. The van der Waals surface area contributed by atoms with Gasteiger partial charge in [0.05, 0.1) is 5.60 Å². The molecule has 1 aromatic carbocycles. The van der Waals surface area contributed by atoms with E-state index in [1.54, 1.807) is 0 Å². The number of carbonyl (C=O) groups is 1. The van der Waals surface area contributed by atoms with Crippen LogP contribution in [0.4, 0.5) is 0 Å². The number of phenolic OH excluding ortho intramolecular Hbond substituents is 2. The summed E-state index contributed by atoms with van der Waals surface area (Å²) in [6.07, 6.45) is 4.03. The van der Waals surface area contributed by atoms with Crippen LogP contribution in [0, 0.1) is 0 Å². The van der Waals surface area contributed by atoms with E-state index in [4.69, 9.17) is 0 Å². The van der Waals surface area contributed by atoms with E-state index in [1.807, 2.05) is 12.1 Å². The number of carbonyl (C=O) groups excluding carboxylic acids is 1. The minimum atomic E-state index is -1.07. The van der Waals surface area contributed by atoms with Crippen molar-refractivity contribution in [2.75, 3.05) is 13.1 Å². The molecule has 2 aliphatic carbocycles. The van der Waals surface area contributed by atoms with Crippen LogP contribution < -0.4 is 0 Å². The van der Waals surface area contributed by atoms with E-state index in [9.17, 15) is 20.1 Å². The summed E-state index contributed by atoms with van der Waals surface area (Å²) in [6.45, 7) is 5.25. The lowest BCUT2D eigenvalue weighted by atomic mass is 9.49. The number of phenols is 2. The minimum Gasteiger partial charge on any atom is -0.504 e. The maximum Gasteiger partial charge on any atom is 0.161 e. The Labute approximate surface area is 141 Å². The van der Waals surface area contributed by atoms with Crippen molar-refractivity contribution < 1.29 is 20.1 Å². The second-order valence-corrected chi connectivity index (χ2v) is 7.44. The first-order chi connectivity index (χ1) is 11.4. The average Bonchev–Trinajstić information content (AvgIpc) is 2.54. The Bertz CT molecular complexity index is 730. The monoisotopic (exact) mass is 329 g/mol. The number of likely N-dealkylation sites (tertiary alicyclic amines) is 1. The highest BCUT2D eigenvalue weighted by atomic mass is 16.3. The minimum absolute atomic E-state index is 0.103. The average molecular weight is 329 g/mol. The molecule has 3 aliphatic rings. The van der Waals surface area contributed by atoms with Crippen LogP contribution >= 0.6 is 0 Å². The van der Waals surface area contributed by atoms with Crippen molar-refractivity contribution in [2.24, 2.45) is 0 Å². The van der Waals surface area contributed by atoms with E-state index in [-0.39, 0.29) is 29.7 Å². The van der Waals surface area contributed by atoms with Crippen molar-refractivity contribution in [1.29, 1.82) is 0 Å². The summed E-state index contributed by atoms with van der Waals surface area (Å²) in [7, 11) is 0. The third-order valence-electron chi connectivity index (χ3n) is 6.43. The van der Waals surface area contributed by atoms with Gasteiger partial charge in [0.1, 0.15) is 5.78 Å². The third-order valence-corrected chi connectivity index (χ3v) is 6.43. The van der Waals surface area contributed by atoms with Crippen molar-refractivity contribution in [3.05, 3.63) is 35.9 Å². The van der Waals surface area contributed by atoms with Crippen molar-refractivity contribution >= 4 is 5.78 Å². The largest absolute Gasteiger partial charge is 0.504 e. The summed E-state index contributed by atoms with van der Waals surface area (Å²) in [4.78, 5) is 14.5. The zero-order valence-electron chi connectivity index (χ0n) is 13.7. The van der Waals surface area contributed by atoms with Crippen LogP contribution in [0.5, 0.6) is 11.5 Å². The molecule has 1 saturated heterocycles. The topological polar surface area (TPSA) is 81.0 Å². The highest BCUT2D eigenvalue weighted by Gasteiger charge is 2.65. The summed E-state index contributed by atoms with van der Waals surface area (Å²) in [6, 6.07) is 3.21. The van der Waals surface area contributed by atoms with Crippen LogP contribution in [0.1, 0.15) is 36.8 Å². The van der Waals surface area contributed by atoms with Gasteiger partial charge in [-0.2, -0.15) is 0 Å². The van der Waals surface area contributed by atoms with Crippen molar-refractivity contribution in [2.45, 2.75) is 49.2 Å². The summed E-state index contributed by atoms with van der Waals surface area (Å²) in [5, 5.41) is 32.3. The zero-order valence-corrected chi connectivity index (χ0v) is 13.7. The molecule has 1 aliphatic heterocycles. The normalized spacial score (nSPS) is 35.2. The lowest BCUT2D eigenvalue weighted by molar-refractivity contribution is -0.171. The molecule has 4 rings (SSSR count). The van der Waals surface area contributed by atoms with Crippen LogP contribution in [-0.4, -0.2) is 50.7 Å². The quantitative estimate of drug-likeness (QED) is 0.568. The van der Waals surface area contributed by atoms with Gasteiger partial charge in [-0.1, -0.05) is 12.1 Å². The van der Waals surface area contributed by atoms with E-state index < -0.39 is 11.0 Å². The number of fused-ring (bicyclic) bond motifs is 1. The molecule has 0 aromatic heterocycles. The standard InChI is InChI=1S/C19H23NO4/c1-2-8-20-9-7-18-11-13(21)5-6-19(18,24)15(20)10-12-3-4-14(22)17(23)16(12)18/h2-4,15,22-24H,1,5-11H2/t15-,18+,19+/m0/s1. The number of Topliss-reactive ketones (excluding diaryl/α,β-unsaturated/α-hetero) is 1. The second-order valence-electron chi connectivity index (χ2n) is 7.44. The fourth-order valence-electron chi connectivity index (χ4n) is 5.38. The first kappa shape index (κ1) is 15.7. The number of hydrogen-bond donors (Lipinski definition) is 3. The number of hydrogen-bond acceptors (Lipinski definition) is 5. The van der Waals surface area contributed by atoms with Gasteiger partial charge in [-0.3, -0.25) is 9.69 Å². The number of rotatable bonds is 2. The Morgan fingerprint density at radius 1 is 1.33 bits per heavy atom. The molecular weight excluding hydrogens is 306 g/mol. The molecule has 0 radical (unpaired) electrons. The fraction of sp³-hybridized carbons (Fsp3) is 0.526. The third kappa shape index (κ3) is 1.80. The van der Waals surface area contributed by atoms with Gasteiger partial charge in [0.15, 0.2) is 11.5 Å². The molecule has 1 aromatic rings. The van der Waals surface area contributed by atoms with Gasteiger partial charge in [0.2, 0.25) is 0 Å². The Kier molecular flexibility index (Phi) is 3.31. The molecule has 3 N–H and O–H groups in total. The number of ketones is 1. The van der Waals surface area contributed by atoms with E-state index in [2.05, 4.69) is 11.5 Å². The molecular formula is C19H23NO4. The summed E-state index contributed by atoms with van der Waals surface area (Å²) >= 11 is 0. The van der Waals surface area contributed by atoms with Gasteiger partial charge in [-0.05, 0) is 37.4 Å². The maximum absolute atomic E-state index is 12.3. The molecule has 0 spiro atoms. The number of aromatic hydroxyl groups is 2. The first-order valence-electron chi connectivity index (χ1n) is 8.56. The van der Waals surface area contributed by atoms with E-state index in [0.717, 1.165) is 12.1 Å². The van der Waals surface area contributed by atoms with E-state index >= 15 is 0 Å². The molecule has 24 heavy (non-hydrogen) atoms. The van der Waals surface area contributed by atoms with Gasteiger partial charge in [0, 0.05) is 36.4 Å². The SMILES string of the molecule is C=CCN1CC[C@]23CC(=O)CC[C@@]2(O)[C@@H]1Cc1ccc(O)c(O)c13. The summed E-state index contributed by atoms with van der Waals surface area (Å²) < 4.78 is 0. The van der Waals surface area contributed by atoms with Gasteiger partial charge in [-0.15, -0.1) is 6.58 Å². The summed E-state index contributed by atoms with van der Waals surface area (Å²) in [5.41, 5.74) is -0.363. The van der Waals surface area contributed by atoms with Gasteiger partial charge in [-0.25, -0.2) is 0 Å². The lowest BCUT2D eigenvalue weighted by Gasteiger charge is -2.63. The Balaban J connectivity index is 1.96. The van der Waals surface area contributed by atoms with Gasteiger partial charge >= 0.3 is 0 Å². The van der Waals surface area contributed by atoms with Crippen molar-refractivity contribution in [1.82, 2.24) is 4.90 Å². The van der Waals surface area contributed by atoms with Crippen LogP contribution in [-0.2, 0) is 16.6 Å². The molecule has 0 amide bonds. The fourth-order valence-corrected chi connectivity index (χ4v) is 5.38. The molecule has 128 valence electrons. The number of aliphatic hydroxyl groups is 1. The molecule has 0 unspecified atom stereocenters. The smallest absolute Gasteiger partial charge is 0.161 e. The maximum atomic E-state index is 12.3. The molecule has 1 saturated carbocycles. The van der Waals surface area contributed by atoms with Gasteiger partial charge in [0.25, 0.3) is 0 Å². The first-order valence-corrected chi connectivity index (χ1v) is 8.56. The van der Waals surface area contributed by atoms with Crippen LogP contribution in [0.25, 0.3) is 0 Å². The molecule has 1 heterocycles. The molecule has 2 fully saturated rings. The van der Waals surface area contributed by atoms with Gasteiger partial charge < -0.3 is 15.3 Å². The molecule has 5 nitrogen and oxygen atoms in total. The van der Waals surface area contributed by atoms with E-state index in [0.29, 0.717) is 37.8 Å². The number of nitrogens with zero attached hydrogens (tertiary/aromatic N) is 1. The number of benzene rings is 1. The van der Waals surface area contributed by atoms with Crippen LogP contribution in [0.2, 0.25) is 0 Å². The Morgan fingerprint density at radius 3 is 2.88 bits per heavy atom. The Morgan fingerprint density at radius 2 is 2.12 bits per heavy atom. The van der Waals surface area contributed by atoms with Crippen molar-refractivity contribution in [3.63, 3.8) is 0 Å². The zero-order chi connectivity index (χ0) is 17.1. The molecule has 2 bridgehead atoms. The second kappa shape index (κ2) is 5.07. The number of piperidine rings is 1. The predicted octanol–water partition coefficient (Wildman–Crippen LogP) is 1.64. The Hall–Kier alpha value is -1.85. The van der Waals surface area contributed by atoms with Crippen LogP contribution in [0.3, 0.4) is 0 Å². The predicted molar refractivity (Wildman–Crippen MR) is 89.1 cm³/mol. The highest BCUT2D eigenvalue weighted by molar-refractivity contribution is 5.83. The summed E-state index contributed by atoms with van der Waals surface area (Å²) in [5.74, 6) is -0.238. The highest BCUT2D eigenvalue weighted by Crippen LogP contribution is 2.60.